The highest BCUT2D eigenvalue weighted by atomic mass is 32.2. The minimum absolute atomic E-state index is 0.0820. The second-order valence-corrected chi connectivity index (χ2v) is 7.71. The summed E-state index contributed by atoms with van der Waals surface area (Å²) >= 11 is 1.05. The average molecular weight is 281 g/mol. The van der Waals surface area contributed by atoms with Crippen molar-refractivity contribution in [3.63, 3.8) is 0 Å². The Balaban J connectivity index is 3.65. The number of thioether (sulfide) groups is 1. The molecule has 0 fully saturated rings. The van der Waals surface area contributed by atoms with E-state index in [-0.39, 0.29) is 22.2 Å². The molecule has 0 heterocycles. The minimum Gasteiger partial charge on any atom is -0.481 e. The Hall–Kier alpha value is -0.560. The molecule has 1 unspecified atom stereocenters. The third-order valence-electron chi connectivity index (χ3n) is 1.75. The van der Waals surface area contributed by atoms with Gasteiger partial charge in [-0.05, 0) is 20.8 Å². The minimum atomic E-state index is -0.982. The van der Waals surface area contributed by atoms with E-state index < -0.39 is 16.8 Å². The Morgan fingerprint density at radius 2 is 1.88 bits per heavy atom. The Labute approximate surface area is 108 Å². The quantitative estimate of drug-likeness (QED) is 0.708. The molecular weight excluding hydrogens is 262 g/mol. The summed E-state index contributed by atoms with van der Waals surface area (Å²) in [6, 6.07) is 0. The molecule has 0 aliphatic carbocycles. The Morgan fingerprint density at radius 1 is 1.29 bits per heavy atom. The molecule has 17 heavy (non-hydrogen) atoms. The van der Waals surface area contributed by atoms with E-state index in [1.54, 1.807) is 0 Å². The van der Waals surface area contributed by atoms with E-state index in [1.807, 2.05) is 20.8 Å². The Bertz CT molecular complexity index is 299. The van der Waals surface area contributed by atoms with E-state index in [4.69, 9.17) is 5.11 Å². The van der Waals surface area contributed by atoms with Gasteiger partial charge in [-0.15, -0.1) is 11.8 Å². The van der Waals surface area contributed by atoms with Crippen LogP contribution in [0.1, 0.15) is 20.8 Å². The van der Waals surface area contributed by atoms with E-state index in [9.17, 15) is 13.8 Å². The molecule has 0 aromatic carbocycles. The van der Waals surface area contributed by atoms with Crippen molar-refractivity contribution in [3.8, 4) is 0 Å². The molecule has 0 saturated heterocycles. The van der Waals surface area contributed by atoms with Gasteiger partial charge in [0.15, 0.2) is 0 Å². The van der Waals surface area contributed by atoms with Gasteiger partial charge in [-0.25, -0.2) is 0 Å². The second kappa shape index (κ2) is 7.71. The van der Waals surface area contributed by atoms with Crippen molar-refractivity contribution in [2.75, 3.05) is 23.8 Å². The number of carboxylic acid groups (broad SMARTS) is 1. The number of rotatable bonds is 7. The van der Waals surface area contributed by atoms with Crippen LogP contribution >= 0.6 is 11.8 Å². The lowest BCUT2D eigenvalue weighted by molar-refractivity contribution is -0.133. The summed E-state index contributed by atoms with van der Waals surface area (Å²) in [4.78, 5) is 21.4. The standard InChI is InChI=1S/C10H19NO4S2/c1-10(2,3)17(15)5-4-11-8(12)6-16-7-9(13)14/h4-7H2,1-3H3,(H,11,12)(H,13,14). The van der Waals surface area contributed by atoms with Gasteiger partial charge in [0.1, 0.15) is 0 Å². The first-order valence-electron chi connectivity index (χ1n) is 5.18. The van der Waals surface area contributed by atoms with E-state index in [2.05, 4.69) is 5.32 Å². The van der Waals surface area contributed by atoms with E-state index in [0.29, 0.717) is 12.3 Å². The molecule has 0 aromatic rings. The van der Waals surface area contributed by atoms with Gasteiger partial charge in [-0.1, -0.05) is 0 Å². The molecular formula is C10H19NO4S2. The lowest BCUT2D eigenvalue weighted by Crippen LogP contribution is -2.33. The summed E-state index contributed by atoms with van der Waals surface area (Å²) in [7, 11) is -0.982. The van der Waals surface area contributed by atoms with E-state index in [0.717, 1.165) is 11.8 Å². The zero-order valence-electron chi connectivity index (χ0n) is 10.3. The number of hydrogen-bond acceptors (Lipinski definition) is 4. The molecule has 5 nitrogen and oxygen atoms in total. The fourth-order valence-corrected chi connectivity index (χ4v) is 2.34. The lowest BCUT2D eigenvalue weighted by Gasteiger charge is -2.17. The first-order valence-corrected chi connectivity index (χ1v) is 7.65. The molecule has 0 aliphatic rings. The topological polar surface area (TPSA) is 83.5 Å². The predicted molar refractivity (Wildman–Crippen MR) is 70.7 cm³/mol. The number of aliphatic carboxylic acids is 1. The third-order valence-corrected chi connectivity index (χ3v) is 4.61. The fraction of sp³-hybridized carbons (Fsp3) is 0.800. The highest BCUT2D eigenvalue weighted by molar-refractivity contribution is 8.00. The van der Waals surface area contributed by atoms with Crippen molar-refractivity contribution < 1.29 is 18.9 Å². The number of amides is 1. The fourth-order valence-electron chi connectivity index (χ4n) is 0.871. The average Bonchev–Trinajstić information content (AvgIpc) is 2.15. The van der Waals surface area contributed by atoms with Crippen molar-refractivity contribution in [2.24, 2.45) is 0 Å². The van der Waals surface area contributed by atoms with Crippen LogP contribution in [0.15, 0.2) is 0 Å². The number of nitrogens with one attached hydrogen (secondary N) is 1. The van der Waals surface area contributed by atoms with Gasteiger partial charge in [-0.3, -0.25) is 13.8 Å². The van der Waals surface area contributed by atoms with E-state index >= 15 is 0 Å². The molecule has 7 heteroatoms. The molecule has 1 amide bonds. The Morgan fingerprint density at radius 3 is 2.35 bits per heavy atom. The van der Waals surface area contributed by atoms with Gasteiger partial charge in [-0.2, -0.15) is 0 Å². The highest BCUT2D eigenvalue weighted by Gasteiger charge is 2.18. The summed E-state index contributed by atoms with van der Waals surface area (Å²) in [5.41, 5.74) is 0. The summed E-state index contributed by atoms with van der Waals surface area (Å²) in [6.45, 7) is 6.01. The molecule has 0 radical (unpaired) electrons. The summed E-state index contributed by atoms with van der Waals surface area (Å²) in [6.07, 6.45) is 0. The molecule has 0 bridgehead atoms. The van der Waals surface area contributed by atoms with Crippen LogP contribution in [0, 0.1) is 0 Å². The van der Waals surface area contributed by atoms with E-state index in [1.165, 1.54) is 0 Å². The van der Waals surface area contributed by atoms with Crippen LogP contribution in [-0.2, 0) is 20.4 Å². The summed E-state index contributed by atoms with van der Waals surface area (Å²) in [5.74, 6) is -0.701. The largest absolute Gasteiger partial charge is 0.481 e. The van der Waals surface area contributed by atoms with Crippen LogP contribution < -0.4 is 5.32 Å². The van der Waals surface area contributed by atoms with Crippen molar-refractivity contribution in [3.05, 3.63) is 0 Å². The molecule has 0 spiro atoms. The maximum Gasteiger partial charge on any atom is 0.313 e. The predicted octanol–water partition coefficient (Wildman–Crippen LogP) is 0.468. The van der Waals surface area contributed by atoms with Gasteiger partial charge in [0.2, 0.25) is 5.91 Å². The molecule has 1 atom stereocenters. The number of carbonyl (C=O) groups is 2. The molecule has 0 saturated carbocycles. The number of hydrogen-bond donors (Lipinski definition) is 2. The first-order chi connectivity index (χ1) is 7.73. The summed E-state index contributed by atoms with van der Waals surface area (Å²) < 4.78 is 11.4. The van der Waals surface area contributed by atoms with Crippen LogP contribution in [0.5, 0.6) is 0 Å². The van der Waals surface area contributed by atoms with Crippen LogP contribution in [0.2, 0.25) is 0 Å². The van der Waals surface area contributed by atoms with Crippen LogP contribution in [0.4, 0.5) is 0 Å². The van der Waals surface area contributed by atoms with Gasteiger partial charge in [0.05, 0.1) is 11.5 Å². The highest BCUT2D eigenvalue weighted by Crippen LogP contribution is 2.10. The lowest BCUT2D eigenvalue weighted by atomic mass is 10.3. The zero-order chi connectivity index (χ0) is 13.5. The molecule has 0 aliphatic heterocycles. The molecule has 100 valence electrons. The van der Waals surface area contributed by atoms with Crippen molar-refractivity contribution in [1.29, 1.82) is 0 Å². The van der Waals surface area contributed by atoms with Crippen LogP contribution in [-0.4, -0.2) is 49.7 Å². The molecule has 0 rings (SSSR count). The maximum atomic E-state index is 11.6. The van der Waals surface area contributed by atoms with Crippen LogP contribution in [0.3, 0.4) is 0 Å². The monoisotopic (exact) mass is 281 g/mol. The smallest absolute Gasteiger partial charge is 0.313 e. The maximum absolute atomic E-state index is 11.6. The summed E-state index contributed by atoms with van der Waals surface area (Å²) in [5, 5.41) is 11.0. The molecule has 0 aromatic heterocycles. The number of carbonyl (C=O) groups excluding carboxylic acids is 1. The SMILES string of the molecule is CC(C)(C)S(=O)CCNC(=O)CSCC(=O)O. The van der Waals surface area contributed by atoms with Crippen molar-refractivity contribution in [2.45, 2.75) is 25.5 Å². The first kappa shape index (κ1) is 16.4. The Kier molecular flexibility index (Phi) is 7.45. The molecule has 2 N–H and O–H groups in total. The third kappa shape index (κ3) is 9.17. The second-order valence-electron chi connectivity index (χ2n) is 4.40. The van der Waals surface area contributed by atoms with Crippen molar-refractivity contribution in [1.82, 2.24) is 5.32 Å². The van der Waals surface area contributed by atoms with Gasteiger partial charge in [0.25, 0.3) is 0 Å². The number of carboxylic acids is 1. The van der Waals surface area contributed by atoms with Gasteiger partial charge < -0.3 is 10.4 Å². The van der Waals surface area contributed by atoms with Crippen molar-refractivity contribution >= 4 is 34.4 Å². The normalized spacial score (nSPS) is 13.1. The van der Waals surface area contributed by atoms with Crippen LogP contribution in [0.25, 0.3) is 0 Å². The van der Waals surface area contributed by atoms with Gasteiger partial charge >= 0.3 is 5.97 Å². The zero-order valence-corrected chi connectivity index (χ0v) is 11.9. The van der Waals surface area contributed by atoms with Gasteiger partial charge in [0, 0.05) is 27.8 Å².